The van der Waals surface area contributed by atoms with Gasteiger partial charge in [0.25, 0.3) is 0 Å². The smallest absolute Gasteiger partial charge is 0.334 e. The molecular formula is C18H15ClF3N5OS. The largest absolute Gasteiger partial charge is 0.417 e. The molecule has 1 heterocycles. The normalized spacial score (nSPS) is 11.5. The molecule has 152 valence electrons. The summed E-state index contributed by atoms with van der Waals surface area (Å²) in [6, 6.07) is 11.0. The summed E-state index contributed by atoms with van der Waals surface area (Å²) in [5.41, 5.74) is 0.339. The fourth-order valence-electron chi connectivity index (χ4n) is 2.47. The highest BCUT2D eigenvalue weighted by Crippen LogP contribution is 2.36. The van der Waals surface area contributed by atoms with Gasteiger partial charge in [0.2, 0.25) is 11.0 Å². The molecule has 0 atom stereocenters. The van der Waals surface area contributed by atoms with Crippen LogP contribution in [-0.4, -0.2) is 14.9 Å². The Hall–Kier alpha value is -2.72. The molecule has 0 saturated heterocycles. The molecule has 3 rings (SSSR count). The van der Waals surface area contributed by atoms with Crippen molar-refractivity contribution >= 4 is 34.9 Å². The topological polar surface area (TPSA) is 85.8 Å². The molecule has 0 saturated carbocycles. The summed E-state index contributed by atoms with van der Waals surface area (Å²) in [4.78, 5) is 12.4. The maximum atomic E-state index is 13.0. The van der Waals surface area contributed by atoms with Crippen molar-refractivity contribution in [3.8, 4) is 0 Å². The van der Waals surface area contributed by atoms with Crippen LogP contribution in [0.5, 0.6) is 0 Å². The number of aryl methyl sites for hydroxylation is 1. The quantitative estimate of drug-likeness (QED) is 0.451. The summed E-state index contributed by atoms with van der Waals surface area (Å²) >= 11 is 6.81. The summed E-state index contributed by atoms with van der Waals surface area (Å²) in [7, 11) is 0. The zero-order valence-corrected chi connectivity index (χ0v) is 16.6. The maximum Gasteiger partial charge on any atom is 0.417 e. The molecule has 29 heavy (non-hydrogen) atoms. The number of hydrogen-bond donors (Lipinski definition) is 2. The number of thioether (sulfide) groups is 1. The van der Waals surface area contributed by atoms with Crippen LogP contribution < -0.4 is 16.7 Å². The fraction of sp³-hybridized carbons (Fsp3) is 0.167. The van der Waals surface area contributed by atoms with Gasteiger partial charge in [-0.05, 0) is 30.7 Å². The molecule has 0 fully saturated rings. The molecule has 3 aromatic rings. The lowest BCUT2D eigenvalue weighted by Gasteiger charge is -2.12. The predicted molar refractivity (Wildman–Crippen MR) is 107 cm³/mol. The van der Waals surface area contributed by atoms with E-state index in [-0.39, 0.29) is 16.7 Å². The highest BCUT2D eigenvalue weighted by atomic mass is 35.5. The van der Waals surface area contributed by atoms with Crippen molar-refractivity contribution in [2.24, 2.45) is 0 Å². The van der Waals surface area contributed by atoms with Crippen LogP contribution in [0.15, 0.2) is 52.4 Å². The van der Waals surface area contributed by atoms with Crippen molar-refractivity contribution in [1.29, 1.82) is 0 Å². The number of nitrogens with two attached hydrogens (primary N) is 1. The van der Waals surface area contributed by atoms with E-state index in [0.717, 1.165) is 27.9 Å². The van der Waals surface area contributed by atoms with Gasteiger partial charge in [0, 0.05) is 11.4 Å². The third-order valence-electron chi connectivity index (χ3n) is 3.85. The summed E-state index contributed by atoms with van der Waals surface area (Å²) in [5.74, 6) is 6.01. The molecule has 3 N–H and O–H groups in total. The van der Waals surface area contributed by atoms with Crippen LogP contribution >= 0.6 is 23.4 Å². The van der Waals surface area contributed by atoms with E-state index in [9.17, 15) is 18.0 Å². The van der Waals surface area contributed by atoms with Gasteiger partial charge in [-0.25, -0.2) is 0 Å². The van der Waals surface area contributed by atoms with Crippen LogP contribution in [0.1, 0.15) is 16.7 Å². The molecule has 11 heteroatoms. The SMILES string of the molecule is Cc1cccc(CSc2nnc(Nc3ccc(Cl)c(C(F)(F)F)c3)c(=O)n2N)c1. The van der Waals surface area contributed by atoms with E-state index in [0.29, 0.717) is 5.75 Å². The van der Waals surface area contributed by atoms with Gasteiger partial charge in [0.15, 0.2) is 0 Å². The van der Waals surface area contributed by atoms with Gasteiger partial charge in [-0.15, -0.1) is 10.2 Å². The number of nitrogens with one attached hydrogen (secondary N) is 1. The summed E-state index contributed by atoms with van der Waals surface area (Å²) in [5, 5.41) is 9.90. The Morgan fingerprint density at radius 1 is 1.21 bits per heavy atom. The van der Waals surface area contributed by atoms with Gasteiger partial charge in [-0.3, -0.25) is 4.79 Å². The van der Waals surface area contributed by atoms with E-state index < -0.39 is 22.3 Å². The first kappa shape index (κ1) is 21.0. The van der Waals surface area contributed by atoms with E-state index in [1.807, 2.05) is 31.2 Å². The lowest BCUT2D eigenvalue weighted by Crippen LogP contribution is -2.32. The standard InChI is InChI=1S/C18H15ClF3N5OS/c1-10-3-2-4-11(7-10)9-29-17-26-25-15(16(28)27(17)23)24-12-5-6-14(19)13(8-12)18(20,21)22/h2-8H,9,23H2,1H3,(H,24,25). The minimum atomic E-state index is -4.63. The number of nitrogen functional groups attached to an aromatic ring is 1. The number of benzene rings is 2. The Morgan fingerprint density at radius 2 is 1.97 bits per heavy atom. The Balaban J connectivity index is 1.80. The van der Waals surface area contributed by atoms with Gasteiger partial charge in [-0.2, -0.15) is 17.8 Å². The summed E-state index contributed by atoms with van der Waals surface area (Å²) < 4.78 is 39.8. The number of anilines is 2. The highest BCUT2D eigenvalue weighted by molar-refractivity contribution is 7.98. The molecule has 1 aromatic heterocycles. The number of nitrogens with zero attached hydrogens (tertiary/aromatic N) is 3. The lowest BCUT2D eigenvalue weighted by molar-refractivity contribution is -0.137. The van der Waals surface area contributed by atoms with Crippen molar-refractivity contribution in [2.45, 2.75) is 24.0 Å². The average Bonchev–Trinajstić information content (AvgIpc) is 2.65. The van der Waals surface area contributed by atoms with Crippen molar-refractivity contribution in [3.63, 3.8) is 0 Å². The van der Waals surface area contributed by atoms with Crippen molar-refractivity contribution in [3.05, 3.63) is 74.5 Å². The maximum absolute atomic E-state index is 13.0. The van der Waals surface area contributed by atoms with Crippen LogP contribution in [0, 0.1) is 6.92 Å². The Kier molecular flexibility index (Phi) is 6.04. The van der Waals surface area contributed by atoms with E-state index in [1.54, 1.807) is 0 Å². The van der Waals surface area contributed by atoms with Crippen LogP contribution in [0.25, 0.3) is 0 Å². The minimum Gasteiger partial charge on any atom is -0.334 e. The Morgan fingerprint density at radius 3 is 2.66 bits per heavy atom. The number of halogens is 4. The van der Waals surface area contributed by atoms with Crippen molar-refractivity contribution < 1.29 is 13.2 Å². The van der Waals surface area contributed by atoms with Gasteiger partial charge < -0.3 is 11.2 Å². The first-order valence-electron chi connectivity index (χ1n) is 8.22. The summed E-state index contributed by atoms with van der Waals surface area (Å²) in [6.07, 6.45) is -4.63. The Bertz CT molecular complexity index is 1100. The average molecular weight is 442 g/mol. The monoisotopic (exact) mass is 441 g/mol. The molecule has 0 unspecified atom stereocenters. The van der Waals surface area contributed by atoms with Crippen LogP contribution in [0.2, 0.25) is 5.02 Å². The first-order valence-corrected chi connectivity index (χ1v) is 9.58. The first-order chi connectivity index (χ1) is 13.6. The third-order valence-corrected chi connectivity index (χ3v) is 5.19. The molecular weight excluding hydrogens is 427 g/mol. The minimum absolute atomic E-state index is 0.0201. The second-order valence-electron chi connectivity index (χ2n) is 6.10. The molecule has 0 aliphatic carbocycles. The predicted octanol–water partition coefficient (Wildman–Crippen LogP) is 4.37. The van der Waals surface area contributed by atoms with E-state index in [2.05, 4.69) is 15.5 Å². The zero-order valence-electron chi connectivity index (χ0n) is 15.0. The second kappa shape index (κ2) is 8.34. The number of alkyl halides is 3. The van der Waals surface area contributed by atoms with Crippen LogP contribution in [-0.2, 0) is 11.9 Å². The van der Waals surface area contributed by atoms with E-state index in [4.69, 9.17) is 17.4 Å². The Labute approximate surface area is 172 Å². The molecule has 0 bridgehead atoms. The van der Waals surface area contributed by atoms with Crippen molar-refractivity contribution in [2.75, 3.05) is 11.2 Å². The number of hydrogen-bond acceptors (Lipinski definition) is 6. The van der Waals surface area contributed by atoms with Crippen LogP contribution in [0.3, 0.4) is 0 Å². The van der Waals surface area contributed by atoms with Crippen molar-refractivity contribution in [1.82, 2.24) is 14.9 Å². The molecule has 6 nitrogen and oxygen atoms in total. The molecule has 0 aliphatic rings. The van der Waals surface area contributed by atoms with Gasteiger partial charge in [0.1, 0.15) is 0 Å². The third kappa shape index (κ3) is 5.01. The molecule has 0 radical (unpaired) electrons. The molecule has 0 spiro atoms. The van der Waals surface area contributed by atoms with Crippen LogP contribution in [0.4, 0.5) is 24.7 Å². The van der Waals surface area contributed by atoms with E-state index >= 15 is 0 Å². The number of rotatable bonds is 5. The highest BCUT2D eigenvalue weighted by Gasteiger charge is 2.33. The van der Waals surface area contributed by atoms with E-state index in [1.165, 1.54) is 17.8 Å². The van der Waals surface area contributed by atoms with Gasteiger partial charge in [0.05, 0.1) is 10.6 Å². The van der Waals surface area contributed by atoms with Gasteiger partial charge in [-0.1, -0.05) is 53.2 Å². The lowest BCUT2D eigenvalue weighted by atomic mass is 10.2. The number of aromatic nitrogens is 3. The van der Waals surface area contributed by atoms with Gasteiger partial charge >= 0.3 is 11.7 Å². The molecule has 0 aliphatic heterocycles. The fourth-order valence-corrected chi connectivity index (χ4v) is 3.49. The zero-order chi connectivity index (χ0) is 21.2. The second-order valence-corrected chi connectivity index (χ2v) is 7.45. The molecule has 0 amide bonds. The molecule has 2 aromatic carbocycles. The summed E-state index contributed by atoms with van der Waals surface area (Å²) in [6.45, 7) is 1.97.